The average molecular weight is 312 g/mol. The number of aromatic nitrogens is 2. The molecule has 0 unspecified atom stereocenters. The highest BCUT2D eigenvalue weighted by atomic mass is 35.5. The Morgan fingerprint density at radius 3 is 2.65 bits per heavy atom. The number of rotatable bonds is 4. The minimum absolute atomic E-state index is 0. The molecule has 108 valence electrons. The summed E-state index contributed by atoms with van der Waals surface area (Å²) in [7, 11) is 0. The van der Waals surface area contributed by atoms with E-state index in [1.54, 1.807) is 11.3 Å². The van der Waals surface area contributed by atoms with E-state index in [0.29, 0.717) is 18.5 Å². The molecule has 2 aromatic rings. The van der Waals surface area contributed by atoms with E-state index >= 15 is 0 Å². The molecule has 0 saturated heterocycles. The van der Waals surface area contributed by atoms with E-state index in [0.717, 1.165) is 17.8 Å². The smallest absolute Gasteiger partial charge is 0.229 e. The van der Waals surface area contributed by atoms with Crippen LogP contribution in [0.1, 0.15) is 16.3 Å². The predicted octanol–water partition coefficient (Wildman–Crippen LogP) is 2.55. The number of thiophene rings is 1. The second kappa shape index (κ2) is 7.81. The predicted molar refractivity (Wildman–Crippen MR) is 86.9 cm³/mol. The van der Waals surface area contributed by atoms with Gasteiger partial charge in [0.25, 0.3) is 0 Å². The normalized spacial score (nSPS) is 11.0. The van der Waals surface area contributed by atoms with Crippen LogP contribution < -0.4 is 11.1 Å². The lowest BCUT2D eigenvalue weighted by Crippen LogP contribution is -2.24. The molecule has 7 heteroatoms. The number of hydrogen-bond acceptors (Lipinski definition) is 4. The van der Waals surface area contributed by atoms with Gasteiger partial charge in [-0.3, -0.25) is 10.3 Å². The van der Waals surface area contributed by atoms with Gasteiger partial charge in [-0.05, 0) is 31.4 Å². The molecule has 3 N–H and O–H groups in total. The standard InChI is InChI=1S/C13H17N5S.ClH/c1-9-8-10(2)17-13(16-9)18-12(14)15-6-5-11-4-3-7-19-11;/h3-4,7-8H,5-6H2,1-2H3,(H3,14,15,16,17,18);1H. The molecule has 0 aromatic carbocycles. The number of hydrogen-bond donors (Lipinski definition) is 2. The van der Waals surface area contributed by atoms with Gasteiger partial charge in [0.1, 0.15) is 0 Å². The summed E-state index contributed by atoms with van der Waals surface area (Å²) in [6.45, 7) is 4.50. The number of anilines is 1. The van der Waals surface area contributed by atoms with Crippen LogP contribution in [0.4, 0.5) is 5.95 Å². The first-order valence-corrected chi connectivity index (χ1v) is 6.93. The first kappa shape index (κ1) is 16.4. The monoisotopic (exact) mass is 311 g/mol. The summed E-state index contributed by atoms with van der Waals surface area (Å²) >= 11 is 1.73. The summed E-state index contributed by atoms with van der Waals surface area (Å²) in [6, 6.07) is 6.04. The number of aryl methyl sites for hydroxylation is 2. The first-order chi connectivity index (χ1) is 9.13. The van der Waals surface area contributed by atoms with Crippen molar-refractivity contribution in [3.8, 4) is 0 Å². The number of guanidine groups is 1. The van der Waals surface area contributed by atoms with Crippen molar-refractivity contribution in [2.45, 2.75) is 20.3 Å². The van der Waals surface area contributed by atoms with Crippen LogP contribution in [0.5, 0.6) is 0 Å². The van der Waals surface area contributed by atoms with Crippen molar-refractivity contribution >= 4 is 35.7 Å². The van der Waals surface area contributed by atoms with Crippen LogP contribution in [-0.2, 0) is 6.42 Å². The zero-order chi connectivity index (χ0) is 13.7. The van der Waals surface area contributed by atoms with Gasteiger partial charge in [0.05, 0.1) is 0 Å². The van der Waals surface area contributed by atoms with Gasteiger partial charge < -0.3 is 5.73 Å². The summed E-state index contributed by atoms with van der Waals surface area (Å²) < 4.78 is 0. The number of halogens is 1. The van der Waals surface area contributed by atoms with Gasteiger partial charge in [-0.1, -0.05) is 6.07 Å². The number of aliphatic imine (C=N–C) groups is 1. The zero-order valence-electron chi connectivity index (χ0n) is 11.5. The van der Waals surface area contributed by atoms with Crippen LogP contribution >= 0.6 is 23.7 Å². The third-order valence-electron chi connectivity index (χ3n) is 2.44. The van der Waals surface area contributed by atoms with Crippen LogP contribution in [0.2, 0.25) is 0 Å². The van der Waals surface area contributed by atoms with E-state index in [2.05, 4.69) is 31.7 Å². The fourth-order valence-electron chi connectivity index (χ4n) is 1.68. The number of nitrogens with zero attached hydrogens (tertiary/aromatic N) is 3. The molecule has 0 fully saturated rings. The second-order valence-corrected chi connectivity index (χ2v) is 5.23. The fraction of sp³-hybridized carbons (Fsp3) is 0.308. The minimum atomic E-state index is 0. The molecule has 0 atom stereocenters. The van der Waals surface area contributed by atoms with Crippen LogP contribution in [0, 0.1) is 13.8 Å². The van der Waals surface area contributed by atoms with Gasteiger partial charge in [0.15, 0.2) is 5.96 Å². The Morgan fingerprint density at radius 2 is 2.05 bits per heavy atom. The lowest BCUT2D eigenvalue weighted by molar-refractivity contribution is 0.980. The van der Waals surface area contributed by atoms with Crippen molar-refractivity contribution in [1.82, 2.24) is 9.97 Å². The van der Waals surface area contributed by atoms with Crippen LogP contribution in [0.25, 0.3) is 0 Å². The van der Waals surface area contributed by atoms with Crippen LogP contribution in [0.3, 0.4) is 0 Å². The quantitative estimate of drug-likeness (QED) is 0.672. The van der Waals surface area contributed by atoms with Crippen LogP contribution in [-0.4, -0.2) is 22.5 Å². The van der Waals surface area contributed by atoms with Crippen LogP contribution in [0.15, 0.2) is 28.6 Å². The summed E-state index contributed by atoms with van der Waals surface area (Å²) in [5, 5.41) is 4.97. The molecule has 0 radical (unpaired) electrons. The average Bonchev–Trinajstić information content (AvgIpc) is 2.80. The summed E-state index contributed by atoms with van der Waals surface area (Å²) in [5.41, 5.74) is 7.62. The van der Waals surface area contributed by atoms with Crippen molar-refractivity contribution in [3.63, 3.8) is 0 Å². The maximum Gasteiger partial charge on any atom is 0.229 e. The van der Waals surface area contributed by atoms with Gasteiger partial charge in [-0.2, -0.15) is 0 Å². The van der Waals surface area contributed by atoms with Gasteiger partial charge in [-0.15, -0.1) is 23.7 Å². The van der Waals surface area contributed by atoms with Crippen molar-refractivity contribution < 1.29 is 0 Å². The van der Waals surface area contributed by atoms with Gasteiger partial charge >= 0.3 is 0 Å². The third-order valence-corrected chi connectivity index (χ3v) is 3.38. The highest BCUT2D eigenvalue weighted by Gasteiger charge is 2.00. The molecule has 0 aliphatic rings. The SMILES string of the molecule is Cc1cc(C)nc(NC(N)=NCCc2cccs2)n1.Cl. The van der Waals surface area contributed by atoms with E-state index in [-0.39, 0.29) is 12.4 Å². The molecule has 0 amide bonds. The largest absolute Gasteiger partial charge is 0.370 e. The molecule has 0 spiro atoms. The minimum Gasteiger partial charge on any atom is -0.370 e. The van der Waals surface area contributed by atoms with Crippen molar-refractivity contribution in [1.29, 1.82) is 0 Å². The van der Waals surface area contributed by atoms with Gasteiger partial charge in [0.2, 0.25) is 5.95 Å². The molecule has 5 nitrogen and oxygen atoms in total. The first-order valence-electron chi connectivity index (χ1n) is 6.05. The Hall–Kier alpha value is -1.66. The lowest BCUT2D eigenvalue weighted by Gasteiger charge is -2.05. The second-order valence-electron chi connectivity index (χ2n) is 4.20. The maximum atomic E-state index is 5.81. The molecule has 2 heterocycles. The van der Waals surface area contributed by atoms with E-state index in [1.807, 2.05) is 26.0 Å². The summed E-state index contributed by atoms with van der Waals surface area (Å²) in [4.78, 5) is 14.1. The summed E-state index contributed by atoms with van der Waals surface area (Å²) in [6.07, 6.45) is 0.897. The fourth-order valence-corrected chi connectivity index (χ4v) is 2.38. The Kier molecular flexibility index (Phi) is 6.41. The molecule has 2 rings (SSSR count). The molecule has 0 bridgehead atoms. The van der Waals surface area contributed by atoms with Gasteiger partial charge in [0, 0.05) is 29.2 Å². The van der Waals surface area contributed by atoms with E-state index in [4.69, 9.17) is 5.73 Å². The topological polar surface area (TPSA) is 76.2 Å². The Labute approximate surface area is 128 Å². The van der Waals surface area contributed by atoms with Crippen molar-refractivity contribution in [2.75, 3.05) is 11.9 Å². The van der Waals surface area contributed by atoms with E-state index in [1.165, 1.54) is 4.88 Å². The molecule has 0 aliphatic heterocycles. The number of nitrogens with one attached hydrogen (secondary N) is 1. The maximum absolute atomic E-state index is 5.81. The zero-order valence-corrected chi connectivity index (χ0v) is 13.1. The van der Waals surface area contributed by atoms with Crippen molar-refractivity contribution in [2.24, 2.45) is 10.7 Å². The third kappa shape index (κ3) is 5.14. The molecule has 0 aliphatic carbocycles. The molecule has 2 aromatic heterocycles. The molecular formula is C13H18ClN5S. The Balaban J connectivity index is 0.00000200. The highest BCUT2D eigenvalue weighted by molar-refractivity contribution is 7.09. The molecule has 0 saturated carbocycles. The molecular weight excluding hydrogens is 294 g/mol. The summed E-state index contributed by atoms with van der Waals surface area (Å²) in [5.74, 6) is 0.844. The van der Waals surface area contributed by atoms with Crippen molar-refractivity contribution in [3.05, 3.63) is 39.8 Å². The Morgan fingerprint density at radius 1 is 1.35 bits per heavy atom. The van der Waals surface area contributed by atoms with Gasteiger partial charge in [-0.25, -0.2) is 9.97 Å². The lowest BCUT2D eigenvalue weighted by atomic mass is 10.3. The van der Waals surface area contributed by atoms with E-state index < -0.39 is 0 Å². The van der Waals surface area contributed by atoms with E-state index in [9.17, 15) is 0 Å². The number of nitrogens with two attached hydrogens (primary N) is 1. The highest BCUT2D eigenvalue weighted by Crippen LogP contribution is 2.09. The molecule has 20 heavy (non-hydrogen) atoms. The Bertz CT molecular complexity index is 548.